The van der Waals surface area contributed by atoms with Crippen LogP contribution in [-0.4, -0.2) is 17.6 Å². The number of halogens is 5. The SMILES string of the molecule is NC(c1cccc(C(F)(F)F)c1)C(O)C(F)F. The number of benzene rings is 1. The summed E-state index contributed by atoms with van der Waals surface area (Å²) >= 11 is 0. The average Bonchev–Trinajstić information content (AvgIpc) is 2.26. The highest BCUT2D eigenvalue weighted by atomic mass is 19.4. The highest BCUT2D eigenvalue weighted by Crippen LogP contribution is 2.31. The van der Waals surface area contributed by atoms with E-state index in [-0.39, 0.29) is 5.56 Å². The normalized spacial score (nSPS) is 16.0. The highest BCUT2D eigenvalue weighted by Gasteiger charge is 2.32. The van der Waals surface area contributed by atoms with Crippen molar-refractivity contribution in [2.45, 2.75) is 24.7 Å². The lowest BCUT2D eigenvalue weighted by molar-refractivity contribution is -0.137. The molecule has 2 unspecified atom stereocenters. The number of alkyl halides is 5. The molecule has 0 bridgehead atoms. The van der Waals surface area contributed by atoms with Crippen molar-refractivity contribution in [1.29, 1.82) is 0 Å². The first-order valence-corrected chi connectivity index (χ1v) is 4.62. The van der Waals surface area contributed by atoms with E-state index in [0.29, 0.717) is 6.07 Å². The van der Waals surface area contributed by atoms with Crippen molar-refractivity contribution >= 4 is 0 Å². The van der Waals surface area contributed by atoms with Crippen LogP contribution in [0, 0.1) is 0 Å². The Bertz CT molecular complexity index is 379. The first-order valence-electron chi connectivity index (χ1n) is 4.62. The molecule has 2 nitrogen and oxygen atoms in total. The van der Waals surface area contributed by atoms with Crippen LogP contribution in [0.2, 0.25) is 0 Å². The lowest BCUT2D eigenvalue weighted by atomic mass is 10.0. The van der Waals surface area contributed by atoms with Crippen LogP contribution in [0.25, 0.3) is 0 Å². The van der Waals surface area contributed by atoms with Gasteiger partial charge in [-0.2, -0.15) is 13.2 Å². The maximum Gasteiger partial charge on any atom is 0.416 e. The number of nitrogens with two attached hydrogens (primary N) is 1. The molecule has 0 aromatic heterocycles. The van der Waals surface area contributed by atoms with Crippen molar-refractivity contribution in [3.8, 4) is 0 Å². The second kappa shape index (κ2) is 4.97. The van der Waals surface area contributed by atoms with Crippen molar-refractivity contribution in [2.75, 3.05) is 0 Å². The van der Waals surface area contributed by atoms with Gasteiger partial charge in [-0.05, 0) is 17.7 Å². The van der Waals surface area contributed by atoms with Gasteiger partial charge in [0.05, 0.1) is 11.6 Å². The van der Waals surface area contributed by atoms with Gasteiger partial charge in [0.25, 0.3) is 6.43 Å². The molecule has 0 aliphatic carbocycles. The van der Waals surface area contributed by atoms with Gasteiger partial charge < -0.3 is 10.8 Å². The maximum absolute atomic E-state index is 12.3. The Balaban J connectivity index is 3.00. The standard InChI is InChI=1S/C10H10F5NO/c11-9(12)8(17)7(16)5-2-1-3-6(4-5)10(13,14)15/h1-4,7-9,17H,16H2. The first kappa shape index (κ1) is 13.9. The molecule has 0 aliphatic heterocycles. The number of hydrogen-bond donors (Lipinski definition) is 2. The number of aliphatic hydroxyl groups is 1. The predicted molar refractivity (Wildman–Crippen MR) is 50.4 cm³/mol. The van der Waals surface area contributed by atoms with Gasteiger partial charge in [-0.1, -0.05) is 12.1 Å². The summed E-state index contributed by atoms with van der Waals surface area (Å²) in [5.41, 5.74) is 4.07. The van der Waals surface area contributed by atoms with Gasteiger partial charge in [0.2, 0.25) is 0 Å². The molecule has 2 atom stereocenters. The Morgan fingerprint density at radius 2 is 1.76 bits per heavy atom. The molecule has 0 aliphatic rings. The summed E-state index contributed by atoms with van der Waals surface area (Å²) in [6, 6.07) is 2.10. The highest BCUT2D eigenvalue weighted by molar-refractivity contribution is 5.28. The van der Waals surface area contributed by atoms with Crippen molar-refractivity contribution in [2.24, 2.45) is 5.73 Å². The molecule has 0 saturated heterocycles. The largest absolute Gasteiger partial charge is 0.416 e. The molecule has 3 N–H and O–H groups in total. The molecular formula is C10H10F5NO. The predicted octanol–water partition coefficient (Wildman–Crippen LogP) is 2.33. The van der Waals surface area contributed by atoms with E-state index in [1.165, 1.54) is 0 Å². The van der Waals surface area contributed by atoms with Crippen LogP contribution in [0.15, 0.2) is 24.3 Å². The first-order chi connectivity index (χ1) is 7.73. The maximum atomic E-state index is 12.3. The number of aliphatic hydroxyl groups excluding tert-OH is 1. The zero-order chi connectivity index (χ0) is 13.2. The smallest absolute Gasteiger partial charge is 0.385 e. The van der Waals surface area contributed by atoms with Crippen molar-refractivity contribution in [3.05, 3.63) is 35.4 Å². The topological polar surface area (TPSA) is 46.2 Å². The van der Waals surface area contributed by atoms with Crippen molar-refractivity contribution in [1.82, 2.24) is 0 Å². The number of rotatable bonds is 3. The summed E-state index contributed by atoms with van der Waals surface area (Å²) in [6.07, 6.45) is -9.89. The van der Waals surface area contributed by atoms with E-state index in [1.54, 1.807) is 0 Å². The van der Waals surface area contributed by atoms with E-state index < -0.39 is 30.3 Å². The van der Waals surface area contributed by atoms with Crippen molar-refractivity contribution < 1.29 is 27.1 Å². The fourth-order valence-electron chi connectivity index (χ4n) is 1.28. The summed E-state index contributed by atoms with van der Waals surface area (Å²) < 4.78 is 61.3. The minimum Gasteiger partial charge on any atom is -0.385 e. The van der Waals surface area contributed by atoms with Gasteiger partial charge >= 0.3 is 6.18 Å². The third kappa shape index (κ3) is 3.37. The van der Waals surface area contributed by atoms with Gasteiger partial charge in [-0.25, -0.2) is 8.78 Å². The molecule has 17 heavy (non-hydrogen) atoms. The third-order valence-corrected chi connectivity index (χ3v) is 2.22. The molecule has 96 valence electrons. The fourth-order valence-corrected chi connectivity index (χ4v) is 1.28. The second-order valence-electron chi connectivity index (χ2n) is 3.47. The lowest BCUT2D eigenvalue weighted by Gasteiger charge is -2.19. The van der Waals surface area contributed by atoms with E-state index in [1.807, 2.05) is 0 Å². The molecule has 0 heterocycles. The van der Waals surface area contributed by atoms with Crippen molar-refractivity contribution in [3.63, 3.8) is 0 Å². The van der Waals surface area contributed by atoms with Crippen LogP contribution in [0.3, 0.4) is 0 Å². The minimum absolute atomic E-state index is 0.187. The van der Waals surface area contributed by atoms with Gasteiger partial charge in [-0.3, -0.25) is 0 Å². The lowest BCUT2D eigenvalue weighted by Crippen LogP contribution is -2.32. The Morgan fingerprint density at radius 1 is 1.18 bits per heavy atom. The second-order valence-corrected chi connectivity index (χ2v) is 3.47. The summed E-state index contributed by atoms with van der Waals surface area (Å²) in [7, 11) is 0. The van der Waals surface area contributed by atoms with E-state index in [9.17, 15) is 22.0 Å². The zero-order valence-electron chi connectivity index (χ0n) is 8.46. The molecule has 0 amide bonds. The quantitative estimate of drug-likeness (QED) is 0.814. The zero-order valence-corrected chi connectivity index (χ0v) is 8.46. The molecule has 1 rings (SSSR count). The molecule has 0 saturated carbocycles. The minimum atomic E-state index is -4.58. The molecule has 0 radical (unpaired) electrons. The van der Waals surface area contributed by atoms with Gasteiger partial charge in [0.15, 0.2) is 0 Å². The molecular weight excluding hydrogens is 245 g/mol. The Kier molecular flexibility index (Phi) is 4.05. The van der Waals surface area contributed by atoms with Crippen LogP contribution in [0.4, 0.5) is 22.0 Å². The molecule has 0 fully saturated rings. The summed E-state index contributed by atoms with van der Waals surface area (Å²) in [4.78, 5) is 0. The Labute approximate surface area is 93.9 Å². The third-order valence-electron chi connectivity index (χ3n) is 2.22. The summed E-state index contributed by atoms with van der Waals surface area (Å²) in [6.45, 7) is 0. The van der Waals surface area contributed by atoms with Crippen LogP contribution in [-0.2, 0) is 6.18 Å². The van der Waals surface area contributed by atoms with Crippen LogP contribution >= 0.6 is 0 Å². The summed E-state index contributed by atoms with van der Waals surface area (Å²) in [5.74, 6) is 0. The average molecular weight is 255 g/mol. The van der Waals surface area contributed by atoms with E-state index in [2.05, 4.69) is 0 Å². The van der Waals surface area contributed by atoms with E-state index >= 15 is 0 Å². The molecule has 7 heteroatoms. The molecule has 0 spiro atoms. The monoisotopic (exact) mass is 255 g/mol. The Morgan fingerprint density at radius 3 is 2.24 bits per heavy atom. The molecule has 1 aromatic rings. The van der Waals surface area contributed by atoms with Crippen LogP contribution < -0.4 is 5.73 Å². The van der Waals surface area contributed by atoms with Crippen LogP contribution in [0.1, 0.15) is 17.2 Å². The van der Waals surface area contributed by atoms with Crippen LogP contribution in [0.5, 0.6) is 0 Å². The van der Waals surface area contributed by atoms with Gasteiger partial charge in [0, 0.05) is 0 Å². The van der Waals surface area contributed by atoms with E-state index in [0.717, 1.165) is 18.2 Å². The molecule has 1 aromatic carbocycles. The van der Waals surface area contributed by atoms with E-state index in [4.69, 9.17) is 10.8 Å². The number of hydrogen-bond acceptors (Lipinski definition) is 2. The Hall–Kier alpha value is -1.21. The fraction of sp³-hybridized carbons (Fsp3) is 0.400. The van der Waals surface area contributed by atoms with Gasteiger partial charge in [0.1, 0.15) is 6.10 Å². The summed E-state index contributed by atoms with van der Waals surface area (Å²) in [5, 5.41) is 8.99. The van der Waals surface area contributed by atoms with Gasteiger partial charge in [-0.15, -0.1) is 0 Å².